The average Bonchev–Trinajstić information content (AvgIpc) is 3.15. The summed E-state index contributed by atoms with van der Waals surface area (Å²) in [5.74, 6) is -0.939. The van der Waals surface area contributed by atoms with Crippen LogP contribution in [-0.2, 0) is 9.53 Å². The van der Waals surface area contributed by atoms with E-state index in [2.05, 4.69) is 4.99 Å². The van der Waals surface area contributed by atoms with Gasteiger partial charge in [-0.25, -0.2) is 14.2 Å². The van der Waals surface area contributed by atoms with E-state index in [1.54, 1.807) is 48.2 Å². The van der Waals surface area contributed by atoms with Crippen LogP contribution in [0.5, 0.6) is 0 Å². The Morgan fingerprint density at radius 2 is 1.88 bits per heavy atom. The fourth-order valence-electron chi connectivity index (χ4n) is 3.67. The van der Waals surface area contributed by atoms with Gasteiger partial charge in [0.05, 0.1) is 27.4 Å². The summed E-state index contributed by atoms with van der Waals surface area (Å²) in [6.45, 7) is 2.53. The van der Waals surface area contributed by atoms with Crippen LogP contribution in [0.4, 0.5) is 4.39 Å². The van der Waals surface area contributed by atoms with Crippen molar-refractivity contribution in [1.82, 2.24) is 9.80 Å². The predicted molar refractivity (Wildman–Crippen MR) is 133 cm³/mol. The van der Waals surface area contributed by atoms with Crippen molar-refractivity contribution in [3.63, 3.8) is 0 Å². The molecule has 5 nitrogen and oxygen atoms in total. The predicted octanol–water partition coefficient (Wildman–Crippen LogP) is 5.97. The number of fused-ring (bicyclic) bond motifs is 1. The van der Waals surface area contributed by atoms with Gasteiger partial charge in [0, 0.05) is 28.8 Å². The Labute approximate surface area is 206 Å². The molecule has 0 saturated carbocycles. The standard InChI is InChI=1S/C24H22Cl2FN3O2S/c1-14-20(23(31)32-12-11-29(2)3)22(15-7-4-5-10-18(15)27)30-13-19(33-24(30)28-14)21-16(25)8-6-9-17(21)26/h4-10,13,22H,11-12H2,1-3H3. The van der Waals surface area contributed by atoms with E-state index < -0.39 is 17.8 Å². The van der Waals surface area contributed by atoms with Gasteiger partial charge >= 0.3 is 5.97 Å². The number of aliphatic imine (C=N–C) groups is 1. The highest BCUT2D eigenvalue weighted by atomic mass is 35.5. The van der Waals surface area contributed by atoms with Crippen LogP contribution in [0.1, 0.15) is 24.1 Å². The van der Waals surface area contributed by atoms with Crippen molar-refractivity contribution >= 4 is 51.0 Å². The van der Waals surface area contributed by atoms with E-state index in [1.807, 2.05) is 25.2 Å². The van der Waals surface area contributed by atoms with E-state index in [1.165, 1.54) is 17.8 Å². The maximum absolute atomic E-state index is 15.0. The molecule has 0 amide bonds. The van der Waals surface area contributed by atoms with E-state index in [9.17, 15) is 9.18 Å². The highest BCUT2D eigenvalue weighted by Crippen LogP contribution is 2.49. The van der Waals surface area contributed by atoms with Crippen LogP contribution in [-0.4, -0.2) is 48.2 Å². The first kappa shape index (κ1) is 23.8. The minimum absolute atomic E-state index is 0.217. The maximum Gasteiger partial charge on any atom is 0.338 e. The maximum atomic E-state index is 15.0. The quantitative estimate of drug-likeness (QED) is 0.452. The molecule has 0 fully saturated rings. The van der Waals surface area contributed by atoms with E-state index in [0.29, 0.717) is 44.2 Å². The van der Waals surface area contributed by atoms with Crippen molar-refractivity contribution < 1.29 is 13.9 Å². The number of halogens is 3. The highest BCUT2D eigenvalue weighted by Gasteiger charge is 2.41. The molecular formula is C24H22Cl2FN3O2S. The lowest BCUT2D eigenvalue weighted by molar-refractivity contribution is -0.140. The Morgan fingerprint density at radius 3 is 2.55 bits per heavy atom. The second-order valence-electron chi connectivity index (χ2n) is 7.86. The van der Waals surface area contributed by atoms with Gasteiger partial charge in [0.1, 0.15) is 12.4 Å². The molecule has 172 valence electrons. The van der Waals surface area contributed by atoms with Crippen molar-refractivity contribution in [1.29, 1.82) is 0 Å². The van der Waals surface area contributed by atoms with Crippen LogP contribution in [0.15, 0.2) is 64.9 Å². The van der Waals surface area contributed by atoms with Gasteiger partial charge < -0.3 is 14.5 Å². The smallest absolute Gasteiger partial charge is 0.338 e. The van der Waals surface area contributed by atoms with Gasteiger partial charge in [-0.1, -0.05) is 47.5 Å². The molecule has 2 aliphatic rings. The summed E-state index contributed by atoms with van der Waals surface area (Å²) in [6.07, 6.45) is 1.81. The SMILES string of the molecule is CC1=C(C(=O)OCCN(C)C)C(c2ccccc2F)N2C=C(c3c(Cl)cccc3Cl)SC2=N1. The highest BCUT2D eigenvalue weighted by molar-refractivity contribution is 8.22. The first-order valence-electron chi connectivity index (χ1n) is 10.3. The number of carbonyl (C=O) groups is 1. The van der Waals surface area contributed by atoms with Crippen molar-refractivity contribution in [2.45, 2.75) is 13.0 Å². The van der Waals surface area contributed by atoms with Crippen LogP contribution in [0.3, 0.4) is 0 Å². The molecule has 0 aliphatic carbocycles. The van der Waals surface area contributed by atoms with Gasteiger partial charge in [-0.05, 0) is 51.0 Å². The van der Waals surface area contributed by atoms with E-state index in [0.717, 1.165) is 4.91 Å². The van der Waals surface area contributed by atoms with Crippen molar-refractivity contribution in [2.24, 2.45) is 4.99 Å². The summed E-state index contributed by atoms with van der Waals surface area (Å²) >= 11 is 14.2. The topological polar surface area (TPSA) is 45.1 Å². The lowest BCUT2D eigenvalue weighted by Crippen LogP contribution is -2.35. The van der Waals surface area contributed by atoms with Crippen LogP contribution in [0.2, 0.25) is 10.0 Å². The monoisotopic (exact) mass is 505 g/mol. The van der Waals surface area contributed by atoms with Crippen molar-refractivity contribution in [2.75, 3.05) is 27.2 Å². The zero-order valence-electron chi connectivity index (χ0n) is 18.3. The number of hydrogen-bond donors (Lipinski definition) is 0. The number of thioether (sulfide) groups is 1. The fourth-order valence-corrected chi connectivity index (χ4v) is 5.52. The zero-order chi connectivity index (χ0) is 23.7. The summed E-state index contributed by atoms with van der Waals surface area (Å²) in [5, 5.41) is 1.60. The molecule has 33 heavy (non-hydrogen) atoms. The largest absolute Gasteiger partial charge is 0.461 e. The average molecular weight is 506 g/mol. The normalized spacial score (nSPS) is 17.8. The van der Waals surface area contributed by atoms with Gasteiger partial charge in [0.2, 0.25) is 0 Å². The molecule has 0 saturated heterocycles. The van der Waals surface area contributed by atoms with Crippen LogP contribution in [0, 0.1) is 5.82 Å². The van der Waals surface area contributed by atoms with Gasteiger partial charge in [-0.2, -0.15) is 0 Å². The van der Waals surface area contributed by atoms with Crippen LogP contribution in [0.25, 0.3) is 4.91 Å². The molecular weight excluding hydrogens is 484 g/mol. The number of rotatable bonds is 6. The molecule has 0 N–H and O–H groups in total. The van der Waals surface area contributed by atoms with Crippen LogP contribution < -0.4 is 0 Å². The van der Waals surface area contributed by atoms with Gasteiger partial charge in [0.15, 0.2) is 5.17 Å². The summed E-state index contributed by atoms with van der Waals surface area (Å²) in [4.78, 5) is 22.3. The third kappa shape index (κ3) is 4.82. The fraction of sp³-hybridized carbons (Fsp3) is 0.250. The summed E-state index contributed by atoms with van der Waals surface area (Å²) in [6, 6.07) is 11.0. The molecule has 0 aromatic heterocycles. The number of esters is 1. The minimum Gasteiger partial charge on any atom is -0.461 e. The minimum atomic E-state index is -0.739. The number of allylic oxidation sites excluding steroid dienone is 1. The Bertz CT molecular complexity index is 1180. The third-order valence-electron chi connectivity index (χ3n) is 5.28. The molecule has 2 aromatic rings. The van der Waals surface area contributed by atoms with Crippen LogP contribution >= 0.6 is 35.0 Å². The Balaban J connectivity index is 1.78. The molecule has 1 atom stereocenters. The van der Waals surface area contributed by atoms with Gasteiger partial charge in [0.25, 0.3) is 0 Å². The van der Waals surface area contributed by atoms with Crippen molar-refractivity contribution in [3.8, 4) is 0 Å². The molecule has 4 rings (SSSR count). The summed E-state index contributed by atoms with van der Waals surface area (Å²) in [7, 11) is 3.79. The van der Waals surface area contributed by atoms with E-state index in [-0.39, 0.29) is 6.61 Å². The summed E-state index contributed by atoms with van der Waals surface area (Å²) < 4.78 is 20.5. The number of benzene rings is 2. The molecule has 0 radical (unpaired) electrons. The third-order valence-corrected chi connectivity index (χ3v) is 6.93. The zero-order valence-corrected chi connectivity index (χ0v) is 20.6. The molecule has 0 bridgehead atoms. The van der Waals surface area contributed by atoms with Crippen molar-refractivity contribution in [3.05, 3.63) is 86.9 Å². The molecule has 0 spiro atoms. The second kappa shape index (κ2) is 9.89. The molecule has 2 heterocycles. The molecule has 2 aromatic carbocycles. The van der Waals surface area contributed by atoms with Gasteiger partial charge in [-0.15, -0.1) is 0 Å². The Kier molecular flexibility index (Phi) is 7.14. The second-order valence-corrected chi connectivity index (χ2v) is 9.68. The first-order valence-corrected chi connectivity index (χ1v) is 11.8. The molecule has 9 heteroatoms. The molecule has 1 unspecified atom stereocenters. The number of amidine groups is 1. The number of hydrogen-bond acceptors (Lipinski definition) is 6. The summed E-state index contributed by atoms with van der Waals surface area (Å²) in [5.41, 5.74) is 1.80. The lowest BCUT2D eigenvalue weighted by atomic mass is 9.94. The number of nitrogens with zero attached hydrogens (tertiary/aromatic N) is 3. The lowest BCUT2D eigenvalue weighted by Gasteiger charge is -2.33. The number of ether oxygens (including phenoxy) is 1. The first-order chi connectivity index (χ1) is 15.8. The van der Waals surface area contributed by atoms with E-state index >= 15 is 0 Å². The Hall–Kier alpha value is -2.32. The Morgan fingerprint density at radius 1 is 1.18 bits per heavy atom. The number of likely N-dealkylation sites (N-methyl/N-ethyl adjacent to an activating group) is 1. The van der Waals surface area contributed by atoms with E-state index in [4.69, 9.17) is 27.9 Å². The molecule has 2 aliphatic heterocycles. The van der Waals surface area contributed by atoms with Gasteiger partial charge in [-0.3, -0.25) is 0 Å². The number of carbonyl (C=O) groups excluding carboxylic acids is 1.